The van der Waals surface area contributed by atoms with Gasteiger partial charge in [-0.25, -0.2) is 0 Å². The van der Waals surface area contributed by atoms with Gasteiger partial charge in [-0.15, -0.1) is 0 Å². The Labute approximate surface area is 144 Å². The van der Waals surface area contributed by atoms with Crippen molar-refractivity contribution in [1.82, 2.24) is 4.90 Å². The highest BCUT2D eigenvalue weighted by molar-refractivity contribution is 5.18. The lowest BCUT2D eigenvalue weighted by Crippen LogP contribution is -2.41. The van der Waals surface area contributed by atoms with Gasteiger partial charge in [0.05, 0.1) is 7.11 Å². The van der Waals surface area contributed by atoms with Gasteiger partial charge >= 0.3 is 0 Å². The van der Waals surface area contributed by atoms with Crippen molar-refractivity contribution in [3.8, 4) is 0 Å². The standard InChI is InChI=1S/C21H25NO2/c1-4-20(24-3)21(23)17(2)22(15-18-11-7-5-8-12-18)16-19-13-9-6-10-14-19/h5-14,17,21,23H,1,15-16H2,2-3H3/t17-,21+/m0/s1. The molecule has 2 rings (SSSR count). The third-order valence-electron chi connectivity index (χ3n) is 4.15. The zero-order valence-electron chi connectivity index (χ0n) is 14.4. The Hall–Kier alpha value is -2.32. The summed E-state index contributed by atoms with van der Waals surface area (Å²) >= 11 is 0. The van der Waals surface area contributed by atoms with E-state index in [-0.39, 0.29) is 6.04 Å². The molecule has 0 aromatic heterocycles. The molecule has 3 heteroatoms. The Bertz CT molecular complexity index is 621. The van der Waals surface area contributed by atoms with Gasteiger partial charge in [0.1, 0.15) is 6.10 Å². The van der Waals surface area contributed by atoms with Gasteiger partial charge in [-0.2, -0.15) is 0 Å². The van der Waals surface area contributed by atoms with Crippen LogP contribution in [0.4, 0.5) is 0 Å². The van der Waals surface area contributed by atoms with E-state index >= 15 is 0 Å². The molecule has 24 heavy (non-hydrogen) atoms. The second-order valence-corrected chi connectivity index (χ2v) is 5.81. The maximum Gasteiger partial charge on any atom is 0.167 e. The topological polar surface area (TPSA) is 32.7 Å². The van der Waals surface area contributed by atoms with Crippen LogP contribution in [0.5, 0.6) is 0 Å². The lowest BCUT2D eigenvalue weighted by atomic mass is 10.1. The van der Waals surface area contributed by atoms with E-state index < -0.39 is 6.10 Å². The number of aliphatic hydroxyl groups excluding tert-OH is 1. The summed E-state index contributed by atoms with van der Waals surface area (Å²) < 4.78 is 5.20. The van der Waals surface area contributed by atoms with E-state index in [4.69, 9.17) is 4.74 Å². The summed E-state index contributed by atoms with van der Waals surface area (Å²) in [6.45, 7) is 7.07. The van der Waals surface area contributed by atoms with E-state index in [0.717, 1.165) is 13.1 Å². The first-order chi connectivity index (χ1) is 11.7. The molecule has 0 saturated carbocycles. The molecule has 126 valence electrons. The molecule has 0 radical (unpaired) electrons. The molecular weight excluding hydrogens is 298 g/mol. The van der Waals surface area contributed by atoms with E-state index in [1.54, 1.807) is 0 Å². The van der Waals surface area contributed by atoms with Gasteiger partial charge in [-0.3, -0.25) is 4.90 Å². The number of hydrogen-bond donors (Lipinski definition) is 1. The van der Waals surface area contributed by atoms with Crippen molar-refractivity contribution in [1.29, 1.82) is 0 Å². The number of hydrogen-bond acceptors (Lipinski definition) is 3. The van der Waals surface area contributed by atoms with Crippen LogP contribution in [0.1, 0.15) is 18.1 Å². The second kappa shape index (κ2) is 9.09. The van der Waals surface area contributed by atoms with Crippen LogP contribution < -0.4 is 0 Å². The SMILES string of the molecule is C=C=C(OC)[C@H](O)[C@H](C)N(Cc1ccccc1)Cc1ccccc1. The van der Waals surface area contributed by atoms with E-state index in [1.165, 1.54) is 18.2 Å². The molecule has 0 bridgehead atoms. The van der Waals surface area contributed by atoms with Crippen LogP contribution in [0, 0.1) is 0 Å². The Morgan fingerprint density at radius 1 is 1.04 bits per heavy atom. The Kier molecular flexibility index (Phi) is 6.83. The van der Waals surface area contributed by atoms with Crippen LogP contribution in [0.2, 0.25) is 0 Å². The minimum absolute atomic E-state index is 0.144. The number of ether oxygens (including phenoxy) is 1. The predicted octanol–water partition coefficient (Wildman–Crippen LogP) is 3.75. The monoisotopic (exact) mass is 323 g/mol. The van der Waals surface area contributed by atoms with Crippen LogP contribution in [-0.4, -0.2) is 29.3 Å². The smallest absolute Gasteiger partial charge is 0.167 e. The predicted molar refractivity (Wildman–Crippen MR) is 97.3 cm³/mol. The average Bonchev–Trinajstić information content (AvgIpc) is 2.63. The van der Waals surface area contributed by atoms with Crippen molar-refractivity contribution in [2.24, 2.45) is 0 Å². The molecule has 0 aliphatic rings. The Morgan fingerprint density at radius 3 is 1.88 bits per heavy atom. The highest BCUT2D eigenvalue weighted by Crippen LogP contribution is 2.18. The fourth-order valence-electron chi connectivity index (χ4n) is 2.70. The average molecular weight is 323 g/mol. The largest absolute Gasteiger partial charge is 0.490 e. The molecular formula is C21H25NO2. The van der Waals surface area contributed by atoms with Crippen molar-refractivity contribution in [2.75, 3.05) is 7.11 Å². The van der Waals surface area contributed by atoms with Gasteiger partial charge < -0.3 is 9.84 Å². The normalized spacial score (nSPS) is 13.2. The fraction of sp³-hybridized carbons (Fsp3) is 0.286. The van der Waals surface area contributed by atoms with Crippen molar-refractivity contribution < 1.29 is 9.84 Å². The molecule has 0 unspecified atom stereocenters. The van der Waals surface area contributed by atoms with Crippen LogP contribution >= 0.6 is 0 Å². The molecule has 2 aromatic carbocycles. The van der Waals surface area contributed by atoms with Gasteiger partial charge in [0.2, 0.25) is 0 Å². The van der Waals surface area contributed by atoms with Crippen LogP contribution in [0.25, 0.3) is 0 Å². The minimum Gasteiger partial charge on any atom is -0.490 e. The summed E-state index contributed by atoms with van der Waals surface area (Å²) in [6, 6.07) is 20.4. The minimum atomic E-state index is -0.778. The van der Waals surface area contributed by atoms with Gasteiger partial charge in [0.15, 0.2) is 5.76 Å². The van der Waals surface area contributed by atoms with E-state index in [0.29, 0.717) is 5.76 Å². The van der Waals surface area contributed by atoms with Crippen molar-refractivity contribution >= 4 is 0 Å². The molecule has 0 amide bonds. The number of benzene rings is 2. The Balaban J connectivity index is 2.22. The van der Waals surface area contributed by atoms with Crippen molar-refractivity contribution in [3.05, 3.63) is 89.9 Å². The number of aliphatic hydroxyl groups is 1. The summed E-state index contributed by atoms with van der Waals surface area (Å²) in [4.78, 5) is 2.23. The lowest BCUT2D eigenvalue weighted by molar-refractivity contribution is 0.0371. The molecule has 2 atom stereocenters. The summed E-state index contributed by atoms with van der Waals surface area (Å²) in [5.74, 6) is 0.369. The van der Waals surface area contributed by atoms with Gasteiger partial charge in [0.25, 0.3) is 0 Å². The molecule has 0 aliphatic carbocycles. The number of rotatable bonds is 8. The summed E-state index contributed by atoms with van der Waals surface area (Å²) in [7, 11) is 1.53. The maximum absolute atomic E-state index is 10.6. The maximum atomic E-state index is 10.6. The molecule has 0 spiro atoms. The first-order valence-electron chi connectivity index (χ1n) is 8.09. The van der Waals surface area contributed by atoms with Gasteiger partial charge in [-0.05, 0) is 18.1 Å². The molecule has 0 fully saturated rings. The Morgan fingerprint density at radius 2 is 1.50 bits per heavy atom. The highest BCUT2D eigenvalue weighted by Gasteiger charge is 2.25. The third kappa shape index (κ3) is 4.84. The van der Waals surface area contributed by atoms with Gasteiger partial charge in [0, 0.05) is 19.1 Å². The zero-order valence-corrected chi connectivity index (χ0v) is 14.4. The van der Waals surface area contributed by atoms with Crippen molar-refractivity contribution in [2.45, 2.75) is 32.2 Å². The first-order valence-corrected chi connectivity index (χ1v) is 8.09. The lowest BCUT2D eigenvalue weighted by Gasteiger charge is -2.32. The quantitative estimate of drug-likeness (QED) is 0.593. The molecule has 2 aromatic rings. The van der Waals surface area contributed by atoms with Gasteiger partial charge in [-0.1, -0.05) is 73.0 Å². The summed E-state index contributed by atoms with van der Waals surface area (Å²) in [5, 5.41) is 10.6. The molecule has 0 heterocycles. The van der Waals surface area contributed by atoms with Crippen LogP contribution in [0.3, 0.4) is 0 Å². The molecule has 0 saturated heterocycles. The highest BCUT2D eigenvalue weighted by atomic mass is 16.5. The molecule has 0 aliphatic heterocycles. The summed E-state index contributed by atoms with van der Waals surface area (Å²) in [6.07, 6.45) is -0.778. The van der Waals surface area contributed by atoms with E-state index in [9.17, 15) is 5.11 Å². The summed E-state index contributed by atoms with van der Waals surface area (Å²) in [5.41, 5.74) is 5.09. The van der Waals surface area contributed by atoms with Crippen molar-refractivity contribution in [3.63, 3.8) is 0 Å². The first kappa shape index (κ1) is 18.0. The zero-order chi connectivity index (χ0) is 17.4. The molecule has 1 N–H and O–H groups in total. The number of nitrogens with zero attached hydrogens (tertiary/aromatic N) is 1. The van der Waals surface area contributed by atoms with Crippen LogP contribution in [-0.2, 0) is 17.8 Å². The third-order valence-corrected chi connectivity index (χ3v) is 4.15. The number of methoxy groups -OCH3 is 1. The molecule has 3 nitrogen and oxygen atoms in total. The van der Waals surface area contributed by atoms with E-state index in [2.05, 4.69) is 41.5 Å². The fourth-order valence-corrected chi connectivity index (χ4v) is 2.70. The second-order valence-electron chi connectivity index (χ2n) is 5.81. The van der Waals surface area contributed by atoms with Crippen LogP contribution in [0.15, 0.2) is 78.7 Å². The van der Waals surface area contributed by atoms with E-state index in [1.807, 2.05) is 43.3 Å².